The Hall–Kier alpha value is -0.820. The molecule has 14 heavy (non-hydrogen) atoms. The molecule has 1 N–H and O–H groups in total. The van der Waals surface area contributed by atoms with Gasteiger partial charge in [-0.15, -0.1) is 0 Å². The second-order valence-corrected chi connectivity index (χ2v) is 4.21. The van der Waals surface area contributed by atoms with E-state index in [0.717, 1.165) is 12.0 Å². The van der Waals surface area contributed by atoms with Crippen LogP contribution in [0.4, 0.5) is 0 Å². The van der Waals surface area contributed by atoms with Crippen molar-refractivity contribution in [2.45, 2.75) is 32.2 Å². The Balaban J connectivity index is 1.97. The molecule has 1 fully saturated rings. The van der Waals surface area contributed by atoms with E-state index < -0.39 is 0 Å². The smallest absolute Gasteiger partial charge is 0.00963 e. The molecule has 0 amide bonds. The van der Waals surface area contributed by atoms with Crippen LogP contribution in [-0.4, -0.2) is 12.6 Å². The second-order valence-electron chi connectivity index (χ2n) is 4.21. The fourth-order valence-electron chi connectivity index (χ4n) is 2.46. The summed E-state index contributed by atoms with van der Waals surface area (Å²) in [7, 11) is 0. The molecule has 76 valence electrons. The maximum atomic E-state index is 3.58. The molecule has 0 aliphatic carbocycles. The first-order valence-corrected chi connectivity index (χ1v) is 5.67. The first-order valence-electron chi connectivity index (χ1n) is 5.67. The molecule has 0 unspecified atom stereocenters. The van der Waals surface area contributed by atoms with E-state index in [4.69, 9.17) is 0 Å². The predicted octanol–water partition coefficient (Wildman–Crippen LogP) is 2.62. The van der Waals surface area contributed by atoms with Crippen molar-refractivity contribution in [1.29, 1.82) is 0 Å². The first-order chi connectivity index (χ1) is 6.90. The van der Waals surface area contributed by atoms with E-state index in [1.807, 2.05) is 0 Å². The zero-order valence-corrected chi connectivity index (χ0v) is 8.87. The minimum atomic E-state index is 0.746. The molecular weight excluding hydrogens is 170 g/mol. The van der Waals surface area contributed by atoms with Crippen molar-refractivity contribution in [3.05, 3.63) is 35.9 Å². The summed E-state index contributed by atoms with van der Waals surface area (Å²) in [5, 5.41) is 3.58. The summed E-state index contributed by atoms with van der Waals surface area (Å²) in [5.41, 5.74) is 1.49. The van der Waals surface area contributed by atoms with Crippen LogP contribution in [0.15, 0.2) is 30.3 Å². The topological polar surface area (TPSA) is 12.0 Å². The quantitative estimate of drug-likeness (QED) is 0.770. The molecule has 0 spiro atoms. The molecule has 1 aromatic carbocycles. The molecular formula is C13H19N. The number of hydrogen-bond acceptors (Lipinski definition) is 1. The molecule has 0 aromatic heterocycles. The van der Waals surface area contributed by atoms with Gasteiger partial charge in [0.2, 0.25) is 0 Å². The van der Waals surface area contributed by atoms with Crippen LogP contribution in [0.2, 0.25) is 0 Å². The third-order valence-corrected chi connectivity index (χ3v) is 3.27. The second kappa shape index (κ2) is 4.61. The van der Waals surface area contributed by atoms with Crippen LogP contribution in [-0.2, 0) is 6.42 Å². The molecule has 1 aliphatic rings. The van der Waals surface area contributed by atoms with Crippen LogP contribution in [0.1, 0.15) is 25.3 Å². The Morgan fingerprint density at radius 2 is 2.07 bits per heavy atom. The summed E-state index contributed by atoms with van der Waals surface area (Å²) < 4.78 is 0. The standard InChI is InChI=1S/C13H19N/c1-2-13-12(8-9-14-13)10-11-6-4-3-5-7-11/h3-7,12-14H,2,8-10H2,1H3/t12-,13+/m0/s1. The predicted molar refractivity (Wildman–Crippen MR) is 60.3 cm³/mol. The van der Waals surface area contributed by atoms with Gasteiger partial charge in [0.15, 0.2) is 0 Å². The summed E-state index contributed by atoms with van der Waals surface area (Å²) in [4.78, 5) is 0. The summed E-state index contributed by atoms with van der Waals surface area (Å²) in [5.74, 6) is 0.849. The maximum Gasteiger partial charge on any atom is 0.00963 e. The van der Waals surface area contributed by atoms with Crippen molar-refractivity contribution >= 4 is 0 Å². The van der Waals surface area contributed by atoms with Crippen molar-refractivity contribution in [3.63, 3.8) is 0 Å². The lowest BCUT2D eigenvalue weighted by molar-refractivity contribution is 0.434. The molecule has 0 bridgehead atoms. The molecule has 0 saturated carbocycles. The lowest BCUT2D eigenvalue weighted by atomic mass is 9.91. The van der Waals surface area contributed by atoms with E-state index in [9.17, 15) is 0 Å². The highest BCUT2D eigenvalue weighted by atomic mass is 14.9. The average molecular weight is 189 g/mol. The van der Waals surface area contributed by atoms with Gasteiger partial charge in [0.25, 0.3) is 0 Å². The van der Waals surface area contributed by atoms with E-state index in [-0.39, 0.29) is 0 Å². The van der Waals surface area contributed by atoms with Gasteiger partial charge in [-0.1, -0.05) is 37.3 Å². The number of nitrogens with one attached hydrogen (secondary N) is 1. The Morgan fingerprint density at radius 1 is 1.29 bits per heavy atom. The highest BCUT2D eigenvalue weighted by molar-refractivity contribution is 5.16. The normalized spacial score (nSPS) is 26.6. The van der Waals surface area contributed by atoms with Crippen molar-refractivity contribution in [2.75, 3.05) is 6.54 Å². The summed E-state index contributed by atoms with van der Waals surface area (Å²) in [6.45, 7) is 3.48. The third kappa shape index (κ3) is 2.16. The Morgan fingerprint density at radius 3 is 2.79 bits per heavy atom. The molecule has 2 rings (SSSR count). The van der Waals surface area contributed by atoms with Crippen LogP contribution < -0.4 is 5.32 Å². The van der Waals surface area contributed by atoms with Gasteiger partial charge in [0.1, 0.15) is 0 Å². The van der Waals surface area contributed by atoms with Gasteiger partial charge in [0, 0.05) is 6.04 Å². The molecule has 1 heterocycles. The van der Waals surface area contributed by atoms with Gasteiger partial charge in [-0.25, -0.2) is 0 Å². The van der Waals surface area contributed by atoms with Gasteiger partial charge in [-0.05, 0) is 37.3 Å². The molecule has 0 radical (unpaired) electrons. The fourth-order valence-corrected chi connectivity index (χ4v) is 2.46. The summed E-state index contributed by atoms with van der Waals surface area (Å²) >= 11 is 0. The summed E-state index contributed by atoms with van der Waals surface area (Å²) in [6.07, 6.45) is 3.84. The average Bonchev–Trinajstić information content (AvgIpc) is 2.67. The SMILES string of the molecule is CC[C@H]1NCC[C@H]1Cc1ccccc1. The van der Waals surface area contributed by atoms with Gasteiger partial charge in [-0.2, -0.15) is 0 Å². The third-order valence-electron chi connectivity index (χ3n) is 3.27. The van der Waals surface area contributed by atoms with Crippen LogP contribution in [0.3, 0.4) is 0 Å². The maximum absolute atomic E-state index is 3.58. The molecule has 1 aromatic rings. The van der Waals surface area contributed by atoms with Crippen LogP contribution >= 0.6 is 0 Å². The monoisotopic (exact) mass is 189 g/mol. The number of benzene rings is 1. The minimum Gasteiger partial charge on any atom is -0.314 e. The lowest BCUT2D eigenvalue weighted by Crippen LogP contribution is -2.26. The van der Waals surface area contributed by atoms with Gasteiger partial charge < -0.3 is 5.32 Å². The Bertz CT molecular complexity index is 268. The van der Waals surface area contributed by atoms with Gasteiger partial charge in [0.05, 0.1) is 0 Å². The van der Waals surface area contributed by atoms with Crippen molar-refractivity contribution < 1.29 is 0 Å². The van der Waals surface area contributed by atoms with E-state index in [2.05, 4.69) is 42.6 Å². The zero-order valence-electron chi connectivity index (χ0n) is 8.87. The molecule has 1 aliphatic heterocycles. The van der Waals surface area contributed by atoms with Crippen LogP contribution in [0.5, 0.6) is 0 Å². The molecule has 1 saturated heterocycles. The Kier molecular flexibility index (Phi) is 3.20. The van der Waals surface area contributed by atoms with E-state index in [0.29, 0.717) is 0 Å². The van der Waals surface area contributed by atoms with E-state index >= 15 is 0 Å². The van der Waals surface area contributed by atoms with Crippen molar-refractivity contribution in [2.24, 2.45) is 5.92 Å². The van der Waals surface area contributed by atoms with Crippen LogP contribution in [0.25, 0.3) is 0 Å². The molecule has 2 atom stereocenters. The lowest BCUT2D eigenvalue weighted by Gasteiger charge is -2.17. The largest absolute Gasteiger partial charge is 0.314 e. The first kappa shape index (κ1) is 9.72. The highest BCUT2D eigenvalue weighted by Gasteiger charge is 2.24. The minimum absolute atomic E-state index is 0.746. The molecule has 1 nitrogen and oxygen atoms in total. The van der Waals surface area contributed by atoms with Crippen LogP contribution in [0, 0.1) is 5.92 Å². The number of rotatable bonds is 3. The van der Waals surface area contributed by atoms with Gasteiger partial charge in [-0.3, -0.25) is 0 Å². The van der Waals surface area contributed by atoms with Crippen molar-refractivity contribution in [3.8, 4) is 0 Å². The molecule has 1 heteroatoms. The van der Waals surface area contributed by atoms with Crippen molar-refractivity contribution in [1.82, 2.24) is 5.32 Å². The zero-order chi connectivity index (χ0) is 9.80. The summed E-state index contributed by atoms with van der Waals surface area (Å²) in [6, 6.07) is 11.6. The fraction of sp³-hybridized carbons (Fsp3) is 0.538. The van der Waals surface area contributed by atoms with E-state index in [1.54, 1.807) is 0 Å². The number of hydrogen-bond donors (Lipinski definition) is 1. The van der Waals surface area contributed by atoms with Gasteiger partial charge >= 0.3 is 0 Å². The Labute approximate surface area is 86.5 Å². The van der Waals surface area contributed by atoms with E-state index in [1.165, 1.54) is 31.4 Å². The highest BCUT2D eigenvalue weighted by Crippen LogP contribution is 2.22.